The Labute approximate surface area is 168 Å². The third-order valence-electron chi connectivity index (χ3n) is 4.66. The molecule has 0 atom stereocenters. The number of carbonyl (C=O) groups excluding carboxylic acids is 1. The van der Waals surface area contributed by atoms with E-state index in [2.05, 4.69) is 31.7 Å². The van der Waals surface area contributed by atoms with Gasteiger partial charge in [0.2, 0.25) is 5.95 Å². The first kappa shape index (κ1) is 18.7. The molecule has 0 aromatic carbocycles. The normalized spacial score (nSPS) is 15.9. The van der Waals surface area contributed by atoms with Crippen LogP contribution in [0, 0.1) is 0 Å². The van der Waals surface area contributed by atoms with Crippen LogP contribution in [0.5, 0.6) is 0 Å². The van der Waals surface area contributed by atoms with Gasteiger partial charge in [-0.3, -0.25) is 0 Å². The van der Waals surface area contributed by atoms with Gasteiger partial charge in [0.05, 0.1) is 12.3 Å². The smallest absolute Gasteiger partial charge is 0.409 e. The lowest BCUT2D eigenvalue weighted by molar-refractivity contribution is 0.105. The van der Waals surface area contributed by atoms with Gasteiger partial charge in [0.25, 0.3) is 0 Å². The third-order valence-corrected chi connectivity index (χ3v) is 4.66. The van der Waals surface area contributed by atoms with Crippen LogP contribution in [-0.4, -0.2) is 63.7 Å². The summed E-state index contributed by atoms with van der Waals surface area (Å²) in [6.07, 6.45) is 6.64. The average molecular weight is 391 g/mol. The molecule has 29 heavy (non-hydrogen) atoms. The predicted octanol–water partition coefficient (Wildman–Crippen LogP) is 2.26. The van der Waals surface area contributed by atoms with Gasteiger partial charge < -0.3 is 19.9 Å². The molecule has 0 spiro atoms. The van der Waals surface area contributed by atoms with E-state index in [1.54, 1.807) is 30.3 Å². The Morgan fingerprint density at radius 3 is 2.76 bits per heavy atom. The zero-order valence-electron chi connectivity index (χ0n) is 16.3. The van der Waals surface area contributed by atoms with Crippen LogP contribution in [0.2, 0.25) is 0 Å². The Morgan fingerprint density at radius 2 is 2.00 bits per heavy atom. The molecule has 1 amide bonds. The molecule has 1 aliphatic heterocycles. The second-order valence-corrected chi connectivity index (χ2v) is 6.54. The van der Waals surface area contributed by atoms with Gasteiger partial charge in [-0.15, -0.1) is 0 Å². The van der Waals surface area contributed by atoms with Gasteiger partial charge in [0.1, 0.15) is 0 Å². The molecule has 9 heteroatoms. The van der Waals surface area contributed by atoms with Gasteiger partial charge in [0, 0.05) is 44.1 Å². The number of allylic oxidation sites excluding steroid dienone is 3. The minimum Gasteiger partial charge on any atom is -0.450 e. The summed E-state index contributed by atoms with van der Waals surface area (Å²) in [5.74, 6) is 1.13. The van der Waals surface area contributed by atoms with E-state index < -0.39 is 0 Å². The second kappa shape index (κ2) is 8.14. The summed E-state index contributed by atoms with van der Waals surface area (Å²) in [5.41, 5.74) is 8.87. The largest absolute Gasteiger partial charge is 0.450 e. The van der Waals surface area contributed by atoms with Crippen molar-refractivity contribution >= 4 is 29.0 Å². The van der Waals surface area contributed by atoms with Crippen LogP contribution in [0.25, 0.3) is 11.2 Å². The van der Waals surface area contributed by atoms with Crippen LogP contribution < -0.4 is 10.2 Å². The van der Waals surface area contributed by atoms with Gasteiger partial charge in [-0.2, -0.15) is 9.97 Å². The summed E-state index contributed by atoms with van der Waals surface area (Å²) >= 11 is 0. The molecule has 3 heterocycles. The van der Waals surface area contributed by atoms with Crippen LogP contribution in [0.4, 0.5) is 16.6 Å². The van der Waals surface area contributed by atoms with Crippen molar-refractivity contribution in [1.29, 1.82) is 0 Å². The summed E-state index contributed by atoms with van der Waals surface area (Å²) in [4.78, 5) is 33.7. The molecule has 2 aromatic rings. The number of hydrogen-bond acceptors (Lipinski definition) is 8. The van der Waals surface area contributed by atoms with Gasteiger partial charge in [-0.25, -0.2) is 14.8 Å². The van der Waals surface area contributed by atoms with Crippen LogP contribution in [0.15, 0.2) is 47.3 Å². The number of anilines is 2. The molecule has 2 aromatic heterocycles. The van der Waals surface area contributed by atoms with E-state index in [-0.39, 0.29) is 6.09 Å². The Kier molecular flexibility index (Phi) is 5.24. The van der Waals surface area contributed by atoms with Crippen LogP contribution in [-0.2, 0) is 4.74 Å². The van der Waals surface area contributed by atoms with Crippen molar-refractivity contribution < 1.29 is 9.53 Å². The summed E-state index contributed by atoms with van der Waals surface area (Å²) in [6, 6.07) is 0. The van der Waals surface area contributed by atoms with E-state index in [4.69, 9.17) is 9.72 Å². The minimum atomic E-state index is -0.285. The number of rotatable bonds is 4. The molecule has 2 aliphatic rings. The van der Waals surface area contributed by atoms with Gasteiger partial charge >= 0.3 is 6.09 Å². The fraction of sp³-hybridized carbons (Fsp3) is 0.350. The maximum Gasteiger partial charge on any atom is 0.409 e. The van der Waals surface area contributed by atoms with E-state index in [9.17, 15) is 4.79 Å². The zero-order valence-corrected chi connectivity index (χ0v) is 16.3. The number of ether oxygens (including phenoxy) is 1. The molecule has 0 unspecified atom stereocenters. The molecule has 4 rings (SSSR count). The highest BCUT2D eigenvalue weighted by molar-refractivity contribution is 5.84. The summed E-state index contributed by atoms with van der Waals surface area (Å²) in [6.45, 7) is 6.43. The molecular weight excluding hydrogens is 370 g/mol. The fourth-order valence-electron chi connectivity index (χ4n) is 3.11. The number of hydrogen-bond donors (Lipinski definition) is 1. The van der Waals surface area contributed by atoms with Crippen molar-refractivity contribution in [2.75, 3.05) is 43.0 Å². The second-order valence-electron chi connectivity index (χ2n) is 6.54. The topological polar surface area (TPSA) is 96.4 Å². The van der Waals surface area contributed by atoms with Crippen molar-refractivity contribution in [2.24, 2.45) is 0 Å². The zero-order chi connectivity index (χ0) is 20.2. The Balaban J connectivity index is 1.60. The van der Waals surface area contributed by atoms with Crippen LogP contribution >= 0.6 is 0 Å². The fourth-order valence-corrected chi connectivity index (χ4v) is 3.11. The van der Waals surface area contributed by atoms with Gasteiger partial charge in [0.15, 0.2) is 17.0 Å². The van der Waals surface area contributed by atoms with Crippen molar-refractivity contribution in [2.45, 2.75) is 13.8 Å². The number of piperazine rings is 1. The number of aromatic nitrogens is 4. The molecule has 1 fully saturated rings. The quantitative estimate of drug-likeness (QED) is 0.793. The van der Waals surface area contributed by atoms with E-state index in [1.165, 1.54) is 0 Å². The van der Waals surface area contributed by atoms with Crippen LogP contribution in [0.3, 0.4) is 0 Å². The van der Waals surface area contributed by atoms with Crippen molar-refractivity contribution in [3.63, 3.8) is 0 Å². The first-order valence-corrected chi connectivity index (χ1v) is 9.47. The lowest BCUT2D eigenvalue weighted by atomic mass is 10.2. The van der Waals surface area contributed by atoms with E-state index in [0.717, 1.165) is 11.3 Å². The number of fused-ring (bicyclic) bond motifs is 1. The number of carbonyl (C=O) groups is 1. The molecule has 0 radical (unpaired) electrons. The lowest BCUT2D eigenvalue weighted by Gasteiger charge is -2.34. The van der Waals surface area contributed by atoms with Crippen LogP contribution in [0.1, 0.15) is 13.8 Å². The Bertz CT molecular complexity index is 1070. The third kappa shape index (κ3) is 3.96. The van der Waals surface area contributed by atoms with E-state index >= 15 is 0 Å². The standard InChI is InChI=1S/C20H21N7O2/c1-3-29-20(28)27-12-10-26(11-13-27)19-24-17-16(21-8-9-22-17)18(25-19)23-15-7-5-4-6-14(15)2/h5,7-9H,3,10-13H2,1-2H3,(H,22,23,24,25). The monoisotopic (exact) mass is 391 g/mol. The minimum absolute atomic E-state index is 0.285. The molecule has 0 saturated carbocycles. The highest BCUT2D eigenvalue weighted by Gasteiger charge is 2.24. The van der Waals surface area contributed by atoms with Crippen molar-refractivity contribution in [3.05, 3.63) is 47.3 Å². The van der Waals surface area contributed by atoms with Crippen molar-refractivity contribution in [1.82, 2.24) is 24.8 Å². The summed E-state index contributed by atoms with van der Waals surface area (Å²) in [7, 11) is 0. The SMILES string of the molecule is CCOC(=O)N1CCN(c2nc(NC3=CC=C=C=C3C)c3nccnc3n2)CC1. The molecular formula is C20H21N7O2. The molecule has 148 valence electrons. The lowest BCUT2D eigenvalue weighted by Crippen LogP contribution is -2.49. The average Bonchev–Trinajstić information content (AvgIpc) is 2.75. The highest BCUT2D eigenvalue weighted by Crippen LogP contribution is 2.24. The first-order valence-electron chi connectivity index (χ1n) is 9.47. The Morgan fingerprint density at radius 1 is 1.21 bits per heavy atom. The number of amides is 1. The van der Waals surface area contributed by atoms with Gasteiger partial charge in [-0.1, -0.05) is 11.5 Å². The molecule has 1 saturated heterocycles. The number of nitrogens with one attached hydrogen (secondary N) is 1. The van der Waals surface area contributed by atoms with E-state index in [0.29, 0.717) is 55.7 Å². The maximum absolute atomic E-state index is 11.9. The molecule has 9 nitrogen and oxygen atoms in total. The summed E-state index contributed by atoms with van der Waals surface area (Å²) < 4.78 is 5.08. The molecule has 0 bridgehead atoms. The number of nitrogens with zero attached hydrogens (tertiary/aromatic N) is 6. The maximum atomic E-state index is 11.9. The first-order chi connectivity index (χ1) is 14.2. The molecule has 1 aliphatic carbocycles. The highest BCUT2D eigenvalue weighted by atomic mass is 16.6. The van der Waals surface area contributed by atoms with Crippen molar-refractivity contribution in [3.8, 4) is 0 Å². The predicted molar refractivity (Wildman–Crippen MR) is 108 cm³/mol. The van der Waals surface area contributed by atoms with Gasteiger partial charge in [-0.05, 0) is 26.0 Å². The molecule has 1 N–H and O–H groups in total. The Hall–Kier alpha value is -3.67. The summed E-state index contributed by atoms with van der Waals surface area (Å²) in [5, 5.41) is 3.32. The van der Waals surface area contributed by atoms with E-state index in [1.807, 2.05) is 17.9 Å².